The topological polar surface area (TPSA) is 46.5 Å². The molecule has 2 aromatic rings. The molecule has 21 heavy (non-hydrogen) atoms. The van der Waals surface area contributed by atoms with Crippen LogP contribution in [0.4, 0.5) is 0 Å². The number of carboxylic acids is 1. The fourth-order valence-corrected chi connectivity index (χ4v) is 2.83. The Morgan fingerprint density at radius 3 is 2.76 bits per heavy atom. The molecule has 5 heteroatoms. The van der Waals surface area contributed by atoms with Crippen LogP contribution in [0.15, 0.2) is 48.5 Å². The molecule has 0 aliphatic heterocycles. The Morgan fingerprint density at radius 2 is 2.00 bits per heavy atom. The van der Waals surface area contributed by atoms with Gasteiger partial charge in [0.15, 0.2) is 0 Å². The Hall–Kier alpha value is -1.65. The van der Waals surface area contributed by atoms with Crippen LogP contribution in [-0.2, 0) is 5.75 Å². The summed E-state index contributed by atoms with van der Waals surface area (Å²) < 4.78 is 5.55. The van der Waals surface area contributed by atoms with E-state index in [1.165, 1.54) is 6.07 Å². The van der Waals surface area contributed by atoms with Crippen LogP contribution in [0.1, 0.15) is 15.9 Å². The van der Waals surface area contributed by atoms with E-state index >= 15 is 0 Å². The summed E-state index contributed by atoms with van der Waals surface area (Å²) in [7, 11) is 0. The molecule has 0 amide bonds. The van der Waals surface area contributed by atoms with Gasteiger partial charge in [-0.25, -0.2) is 4.79 Å². The standard InChI is InChI=1S/C16H15ClO3S/c17-15-7-2-1-4-13(15)11-21-9-8-20-14-6-3-5-12(10-14)16(18)19/h1-7,10H,8-9,11H2,(H,18,19). The van der Waals surface area contributed by atoms with Gasteiger partial charge in [0.05, 0.1) is 12.2 Å². The molecule has 0 bridgehead atoms. The maximum absolute atomic E-state index is 10.8. The van der Waals surface area contributed by atoms with Gasteiger partial charge in [-0.2, -0.15) is 11.8 Å². The molecular weight excluding hydrogens is 308 g/mol. The summed E-state index contributed by atoms with van der Waals surface area (Å²) in [5, 5.41) is 9.68. The second-order valence-corrected chi connectivity index (χ2v) is 5.84. The maximum Gasteiger partial charge on any atom is 0.335 e. The summed E-state index contributed by atoms with van der Waals surface area (Å²) in [5.41, 5.74) is 1.34. The molecule has 1 N–H and O–H groups in total. The number of carboxylic acid groups (broad SMARTS) is 1. The molecule has 0 saturated heterocycles. The van der Waals surface area contributed by atoms with Gasteiger partial charge in [-0.3, -0.25) is 0 Å². The SMILES string of the molecule is O=C(O)c1cccc(OCCSCc2ccccc2Cl)c1. The number of ether oxygens (including phenoxy) is 1. The van der Waals surface area contributed by atoms with E-state index in [0.717, 1.165) is 22.1 Å². The molecule has 0 heterocycles. The van der Waals surface area contributed by atoms with Crippen molar-refractivity contribution in [2.75, 3.05) is 12.4 Å². The lowest BCUT2D eigenvalue weighted by Crippen LogP contribution is -2.02. The third-order valence-corrected chi connectivity index (χ3v) is 4.13. The molecule has 3 nitrogen and oxygen atoms in total. The highest BCUT2D eigenvalue weighted by Gasteiger charge is 2.04. The molecule has 0 unspecified atom stereocenters. The van der Waals surface area contributed by atoms with Crippen LogP contribution < -0.4 is 4.74 Å². The van der Waals surface area contributed by atoms with Crippen LogP contribution in [0.25, 0.3) is 0 Å². The van der Waals surface area contributed by atoms with Gasteiger partial charge >= 0.3 is 5.97 Å². The summed E-state index contributed by atoms with van der Waals surface area (Å²) >= 11 is 7.80. The van der Waals surface area contributed by atoms with Gasteiger partial charge in [0, 0.05) is 16.5 Å². The van der Waals surface area contributed by atoms with Gasteiger partial charge in [0.1, 0.15) is 5.75 Å². The fraction of sp³-hybridized carbons (Fsp3) is 0.188. The summed E-state index contributed by atoms with van der Waals surface area (Å²) in [6.45, 7) is 0.526. The normalized spacial score (nSPS) is 10.3. The van der Waals surface area contributed by atoms with Crippen molar-refractivity contribution in [2.45, 2.75) is 5.75 Å². The third-order valence-electron chi connectivity index (χ3n) is 2.79. The van der Waals surface area contributed by atoms with E-state index in [9.17, 15) is 4.79 Å². The van der Waals surface area contributed by atoms with Crippen molar-refractivity contribution in [1.82, 2.24) is 0 Å². The van der Waals surface area contributed by atoms with Gasteiger partial charge in [-0.1, -0.05) is 35.9 Å². The first kappa shape index (κ1) is 15.7. The zero-order valence-corrected chi connectivity index (χ0v) is 12.9. The number of aromatic carboxylic acids is 1. The summed E-state index contributed by atoms with van der Waals surface area (Å²) in [6.07, 6.45) is 0. The van der Waals surface area contributed by atoms with Crippen molar-refractivity contribution in [2.24, 2.45) is 0 Å². The first-order chi connectivity index (χ1) is 10.2. The molecule has 0 fully saturated rings. The van der Waals surface area contributed by atoms with Crippen molar-refractivity contribution in [3.8, 4) is 5.75 Å². The van der Waals surface area contributed by atoms with Crippen LogP contribution in [0.5, 0.6) is 5.75 Å². The second-order valence-electron chi connectivity index (χ2n) is 4.33. The first-order valence-electron chi connectivity index (χ1n) is 6.44. The minimum absolute atomic E-state index is 0.233. The lowest BCUT2D eigenvalue weighted by Gasteiger charge is -2.07. The van der Waals surface area contributed by atoms with Crippen molar-refractivity contribution >= 4 is 29.3 Å². The van der Waals surface area contributed by atoms with E-state index in [4.69, 9.17) is 21.4 Å². The number of rotatable bonds is 7. The number of carbonyl (C=O) groups is 1. The maximum atomic E-state index is 10.8. The summed E-state index contributed by atoms with van der Waals surface area (Å²) in [6, 6.07) is 14.3. The monoisotopic (exact) mass is 322 g/mol. The molecule has 0 spiro atoms. The number of halogens is 1. The van der Waals surface area contributed by atoms with Crippen LogP contribution in [0.3, 0.4) is 0 Å². The molecule has 0 aliphatic rings. The zero-order chi connectivity index (χ0) is 15.1. The van der Waals surface area contributed by atoms with Gasteiger partial charge < -0.3 is 9.84 Å². The van der Waals surface area contributed by atoms with E-state index in [0.29, 0.717) is 12.4 Å². The average Bonchev–Trinajstić information content (AvgIpc) is 2.49. The molecular formula is C16H15ClO3S. The molecule has 110 valence electrons. The molecule has 2 aromatic carbocycles. The van der Waals surface area contributed by atoms with Crippen molar-refractivity contribution < 1.29 is 14.6 Å². The van der Waals surface area contributed by atoms with Crippen molar-refractivity contribution in [1.29, 1.82) is 0 Å². The summed E-state index contributed by atoms with van der Waals surface area (Å²) in [5.74, 6) is 1.27. The van der Waals surface area contributed by atoms with E-state index in [1.54, 1.807) is 30.0 Å². The van der Waals surface area contributed by atoms with Crippen molar-refractivity contribution in [3.05, 3.63) is 64.7 Å². The molecule has 0 aliphatic carbocycles. The minimum Gasteiger partial charge on any atom is -0.493 e. The molecule has 0 saturated carbocycles. The predicted octanol–water partition coefficient (Wildman–Crippen LogP) is 4.35. The van der Waals surface area contributed by atoms with E-state index in [-0.39, 0.29) is 5.56 Å². The van der Waals surface area contributed by atoms with Crippen LogP contribution >= 0.6 is 23.4 Å². The lowest BCUT2D eigenvalue weighted by atomic mass is 10.2. The Morgan fingerprint density at radius 1 is 1.19 bits per heavy atom. The third kappa shape index (κ3) is 4.99. The van der Waals surface area contributed by atoms with Crippen LogP contribution in [0.2, 0.25) is 5.02 Å². The molecule has 0 radical (unpaired) electrons. The zero-order valence-electron chi connectivity index (χ0n) is 11.3. The van der Waals surface area contributed by atoms with Crippen LogP contribution in [-0.4, -0.2) is 23.4 Å². The predicted molar refractivity (Wildman–Crippen MR) is 86.5 cm³/mol. The Labute approximate surface area is 132 Å². The number of hydrogen-bond donors (Lipinski definition) is 1. The Balaban J connectivity index is 1.74. The van der Waals surface area contributed by atoms with Gasteiger partial charge in [0.25, 0.3) is 0 Å². The highest BCUT2D eigenvalue weighted by atomic mass is 35.5. The average molecular weight is 323 g/mol. The Bertz CT molecular complexity index is 616. The van der Waals surface area contributed by atoms with Gasteiger partial charge in [-0.15, -0.1) is 0 Å². The minimum atomic E-state index is -0.950. The fourth-order valence-electron chi connectivity index (χ4n) is 1.73. The quantitative estimate of drug-likeness (QED) is 0.770. The van der Waals surface area contributed by atoms with E-state index < -0.39 is 5.97 Å². The van der Waals surface area contributed by atoms with E-state index in [2.05, 4.69) is 0 Å². The lowest BCUT2D eigenvalue weighted by molar-refractivity contribution is 0.0696. The summed E-state index contributed by atoms with van der Waals surface area (Å²) in [4.78, 5) is 10.8. The molecule has 0 atom stereocenters. The Kier molecular flexibility index (Phi) is 5.96. The molecule has 0 aromatic heterocycles. The number of benzene rings is 2. The second kappa shape index (κ2) is 7.96. The molecule has 2 rings (SSSR count). The first-order valence-corrected chi connectivity index (χ1v) is 7.97. The highest BCUT2D eigenvalue weighted by Crippen LogP contribution is 2.21. The largest absolute Gasteiger partial charge is 0.493 e. The van der Waals surface area contributed by atoms with Gasteiger partial charge in [0.2, 0.25) is 0 Å². The van der Waals surface area contributed by atoms with E-state index in [1.807, 2.05) is 24.3 Å². The number of hydrogen-bond acceptors (Lipinski definition) is 3. The van der Waals surface area contributed by atoms with Crippen molar-refractivity contribution in [3.63, 3.8) is 0 Å². The highest BCUT2D eigenvalue weighted by molar-refractivity contribution is 7.98. The smallest absolute Gasteiger partial charge is 0.335 e. The number of thioether (sulfide) groups is 1. The van der Waals surface area contributed by atoms with Gasteiger partial charge in [-0.05, 0) is 29.8 Å². The van der Waals surface area contributed by atoms with Crippen LogP contribution in [0, 0.1) is 0 Å².